The summed E-state index contributed by atoms with van der Waals surface area (Å²) < 4.78 is 18.4. The molecule has 26 heavy (non-hydrogen) atoms. The number of aromatic nitrogens is 2. The molecule has 6 nitrogen and oxygen atoms in total. The first-order valence-corrected chi connectivity index (χ1v) is 10.3. The van der Waals surface area contributed by atoms with Crippen LogP contribution in [0.4, 0.5) is 4.79 Å². The van der Waals surface area contributed by atoms with Crippen LogP contribution in [-0.2, 0) is 15.5 Å². The van der Waals surface area contributed by atoms with Gasteiger partial charge in [0, 0.05) is 12.6 Å². The Morgan fingerprint density at radius 1 is 1.27 bits per heavy atom. The minimum absolute atomic E-state index is 0.104. The van der Waals surface area contributed by atoms with Crippen molar-refractivity contribution in [3.8, 4) is 0 Å². The Morgan fingerprint density at radius 3 is 2.73 bits per heavy atom. The summed E-state index contributed by atoms with van der Waals surface area (Å²) in [5.74, 6) is 0.353. The van der Waals surface area contributed by atoms with E-state index in [0.717, 1.165) is 30.3 Å². The lowest BCUT2D eigenvalue weighted by Gasteiger charge is -2.36. The first-order valence-electron chi connectivity index (χ1n) is 8.93. The predicted octanol–water partition coefficient (Wildman–Crippen LogP) is 3.53. The van der Waals surface area contributed by atoms with Gasteiger partial charge in [0.15, 0.2) is 0 Å². The molecule has 0 unspecified atom stereocenters. The van der Waals surface area contributed by atoms with Crippen molar-refractivity contribution >= 4 is 27.9 Å². The van der Waals surface area contributed by atoms with Gasteiger partial charge in [-0.2, -0.15) is 0 Å². The van der Waals surface area contributed by atoms with E-state index in [0.29, 0.717) is 17.3 Å². The van der Waals surface area contributed by atoms with Crippen LogP contribution in [-0.4, -0.2) is 49.1 Å². The minimum atomic E-state index is -1.32. The molecule has 1 aromatic carbocycles. The summed E-state index contributed by atoms with van der Waals surface area (Å²) >= 11 is 0. The van der Waals surface area contributed by atoms with Crippen molar-refractivity contribution in [3.05, 3.63) is 30.5 Å². The summed E-state index contributed by atoms with van der Waals surface area (Å²) in [6, 6.07) is 7.41. The number of rotatable bonds is 3. The first-order chi connectivity index (χ1) is 12.3. The molecular weight excluding hydrogens is 350 g/mol. The lowest BCUT2D eigenvalue weighted by Crippen LogP contribution is -2.48. The van der Waals surface area contributed by atoms with Gasteiger partial charge in [-0.25, -0.2) is 9.78 Å². The summed E-state index contributed by atoms with van der Waals surface area (Å²) in [5.41, 5.74) is 0.967. The molecule has 140 valence electrons. The van der Waals surface area contributed by atoms with E-state index >= 15 is 0 Å². The van der Waals surface area contributed by atoms with Crippen LogP contribution >= 0.6 is 0 Å². The summed E-state index contributed by atoms with van der Waals surface area (Å²) in [5, 5.41) is 0.457. The fourth-order valence-electron chi connectivity index (χ4n) is 3.04. The van der Waals surface area contributed by atoms with Gasteiger partial charge in [0.25, 0.3) is 0 Å². The number of ether oxygens (including phenoxy) is 1. The molecule has 1 amide bonds. The van der Waals surface area contributed by atoms with Crippen molar-refractivity contribution in [2.75, 3.05) is 12.3 Å². The van der Waals surface area contributed by atoms with E-state index in [4.69, 9.17) is 4.74 Å². The van der Waals surface area contributed by atoms with Gasteiger partial charge in [-0.1, -0.05) is 12.1 Å². The minimum Gasteiger partial charge on any atom is -0.444 e. The number of likely N-dealkylation sites (tertiary alicyclic amines) is 1. The summed E-state index contributed by atoms with van der Waals surface area (Å²) in [4.78, 5) is 23.0. The van der Waals surface area contributed by atoms with E-state index in [1.54, 1.807) is 11.1 Å². The second kappa shape index (κ2) is 7.70. The number of carbonyl (C=O) groups is 1. The average molecular weight is 375 g/mol. The third kappa shape index (κ3) is 4.58. The highest BCUT2D eigenvalue weighted by molar-refractivity contribution is 7.85. The van der Waals surface area contributed by atoms with Gasteiger partial charge < -0.3 is 9.64 Å². The third-order valence-electron chi connectivity index (χ3n) is 4.26. The molecule has 2 atom stereocenters. The Morgan fingerprint density at radius 2 is 2.00 bits per heavy atom. The Kier molecular flexibility index (Phi) is 5.55. The van der Waals surface area contributed by atoms with Crippen LogP contribution < -0.4 is 0 Å². The molecular formula is C19H25N3O3S. The van der Waals surface area contributed by atoms with Crippen molar-refractivity contribution in [1.82, 2.24) is 14.9 Å². The summed E-state index contributed by atoms with van der Waals surface area (Å²) in [6.07, 6.45) is 4.03. The SMILES string of the molecule is CC(C)(C)OC(=O)N1CCCC[C@@H]1C[S@@](=O)c1cnc2ccccc2n1. The van der Waals surface area contributed by atoms with Gasteiger partial charge in [0.05, 0.1) is 33.8 Å². The highest BCUT2D eigenvalue weighted by atomic mass is 32.2. The van der Waals surface area contributed by atoms with Crippen molar-refractivity contribution in [1.29, 1.82) is 0 Å². The third-order valence-corrected chi connectivity index (χ3v) is 5.61. The highest BCUT2D eigenvalue weighted by Crippen LogP contribution is 2.22. The number of hydrogen-bond donors (Lipinski definition) is 0. The lowest BCUT2D eigenvalue weighted by atomic mass is 10.0. The Labute approximate surface area is 156 Å². The second-order valence-corrected chi connectivity index (χ2v) is 8.98. The Bertz CT molecular complexity index is 819. The quantitative estimate of drug-likeness (QED) is 0.821. The lowest BCUT2D eigenvalue weighted by molar-refractivity contribution is 0.0125. The van der Waals surface area contributed by atoms with Crippen molar-refractivity contribution in [2.45, 2.75) is 56.7 Å². The van der Waals surface area contributed by atoms with E-state index in [-0.39, 0.29) is 12.1 Å². The molecule has 2 heterocycles. The smallest absolute Gasteiger partial charge is 0.410 e. The van der Waals surface area contributed by atoms with E-state index < -0.39 is 16.4 Å². The maximum atomic E-state index is 12.8. The molecule has 0 spiro atoms. The number of amides is 1. The number of para-hydroxylation sites is 2. The van der Waals surface area contributed by atoms with Crippen LogP contribution in [0.25, 0.3) is 11.0 Å². The number of hydrogen-bond acceptors (Lipinski definition) is 5. The predicted molar refractivity (Wildman–Crippen MR) is 101 cm³/mol. The molecule has 0 radical (unpaired) electrons. The van der Waals surface area contributed by atoms with Crippen LogP contribution in [0.3, 0.4) is 0 Å². The van der Waals surface area contributed by atoms with E-state index in [1.165, 1.54) is 0 Å². The monoisotopic (exact) mass is 375 g/mol. The molecule has 2 aromatic rings. The average Bonchev–Trinajstić information content (AvgIpc) is 2.60. The molecule has 3 rings (SSSR count). The van der Waals surface area contributed by atoms with Gasteiger partial charge in [-0.05, 0) is 52.2 Å². The van der Waals surface area contributed by atoms with Crippen LogP contribution in [0.1, 0.15) is 40.0 Å². The molecule has 7 heteroatoms. The topological polar surface area (TPSA) is 72.4 Å². The van der Waals surface area contributed by atoms with Crippen molar-refractivity contribution < 1.29 is 13.7 Å². The van der Waals surface area contributed by atoms with Gasteiger partial charge in [0.1, 0.15) is 10.6 Å². The number of carbonyl (C=O) groups excluding carboxylic acids is 1. The van der Waals surface area contributed by atoms with Crippen LogP contribution in [0.2, 0.25) is 0 Å². The maximum absolute atomic E-state index is 12.8. The molecule has 1 fully saturated rings. The van der Waals surface area contributed by atoms with E-state index in [2.05, 4.69) is 9.97 Å². The molecule has 1 saturated heterocycles. The summed E-state index contributed by atoms with van der Waals surface area (Å²) in [6.45, 7) is 6.20. The fraction of sp³-hybridized carbons (Fsp3) is 0.526. The number of benzene rings is 1. The summed E-state index contributed by atoms with van der Waals surface area (Å²) in [7, 11) is -1.32. The number of fused-ring (bicyclic) bond motifs is 1. The highest BCUT2D eigenvalue weighted by Gasteiger charge is 2.32. The van der Waals surface area contributed by atoms with Crippen LogP contribution in [0.5, 0.6) is 0 Å². The largest absolute Gasteiger partial charge is 0.444 e. The normalized spacial score (nSPS) is 19.3. The zero-order chi connectivity index (χ0) is 18.7. The molecule has 1 aromatic heterocycles. The Balaban J connectivity index is 1.73. The van der Waals surface area contributed by atoms with Crippen LogP contribution in [0, 0.1) is 0 Å². The molecule has 1 aliphatic heterocycles. The number of nitrogens with zero attached hydrogens (tertiary/aromatic N) is 3. The Hall–Kier alpha value is -2.02. The molecule has 1 aliphatic rings. The standard InChI is InChI=1S/C19H25N3O3S/c1-19(2,3)25-18(23)22-11-7-6-8-14(22)13-26(24)17-12-20-15-9-4-5-10-16(15)21-17/h4-5,9-10,12,14H,6-8,11,13H2,1-3H3/t14-,26-/m1/s1. The van der Waals surface area contributed by atoms with Crippen molar-refractivity contribution in [3.63, 3.8) is 0 Å². The van der Waals surface area contributed by atoms with Gasteiger partial charge in [-0.3, -0.25) is 9.19 Å². The molecule has 0 N–H and O–H groups in total. The van der Waals surface area contributed by atoms with Crippen molar-refractivity contribution in [2.24, 2.45) is 0 Å². The van der Waals surface area contributed by atoms with Gasteiger partial charge in [-0.15, -0.1) is 0 Å². The molecule has 0 bridgehead atoms. The fourth-order valence-corrected chi connectivity index (χ4v) is 4.28. The van der Waals surface area contributed by atoms with Gasteiger partial charge >= 0.3 is 6.09 Å². The molecule has 0 aliphatic carbocycles. The van der Waals surface area contributed by atoms with E-state index in [1.807, 2.05) is 45.0 Å². The zero-order valence-corrected chi connectivity index (χ0v) is 16.3. The first kappa shape index (κ1) is 18.8. The second-order valence-electron chi connectivity index (χ2n) is 7.53. The van der Waals surface area contributed by atoms with Gasteiger partial charge in [0.2, 0.25) is 0 Å². The van der Waals surface area contributed by atoms with E-state index in [9.17, 15) is 9.00 Å². The number of piperidine rings is 1. The molecule has 0 saturated carbocycles. The van der Waals surface area contributed by atoms with Crippen LogP contribution in [0.15, 0.2) is 35.5 Å². The zero-order valence-electron chi connectivity index (χ0n) is 15.5. The maximum Gasteiger partial charge on any atom is 0.410 e.